The van der Waals surface area contributed by atoms with Gasteiger partial charge in [0.1, 0.15) is 5.60 Å². The van der Waals surface area contributed by atoms with Crippen molar-refractivity contribution >= 4 is 18.0 Å². The first-order valence-corrected chi connectivity index (χ1v) is 6.49. The first-order chi connectivity index (χ1) is 9.73. The maximum Gasteiger partial charge on any atom is 0.417 e. The Morgan fingerprint density at radius 1 is 1.24 bits per heavy atom. The Kier molecular flexibility index (Phi) is 3.72. The Hall–Kier alpha value is -2.37. The fraction of sp³-hybridized carbons (Fsp3) is 0.400. The lowest BCUT2D eigenvalue weighted by Crippen LogP contribution is -2.36. The quantitative estimate of drug-likeness (QED) is 0.743. The molecule has 0 saturated carbocycles. The van der Waals surface area contributed by atoms with E-state index in [0.717, 1.165) is 4.90 Å². The highest BCUT2D eigenvalue weighted by Crippen LogP contribution is 2.26. The van der Waals surface area contributed by atoms with Crippen molar-refractivity contribution in [2.24, 2.45) is 0 Å². The summed E-state index contributed by atoms with van der Waals surface area (Å²) in [7, 11) is 1.29. The molecule has 0 saturated heterocycles. The summed E-state index contributed by atoms with van der Waals surface area (Å²) in [6.07, 6.45) is -0.691. The highest BCUT2D eigenvalue weighted by Gasteiger charge is 2.35. The summed E-state index contributed by atoms with van der Waals surface area (Å²) in [4.78, 5) is 36.7. The van der Waals surface area contributed by atoms with Crippen LogP contribution in [0.4, 0.5) is 4.79 Å². The number of fused-ring (bicyclic) bond motifs is 1. The molecule has 1 aromatic carbocycles. The highest BCUT2D eigenvalue weighted by atomic mass is 16.6. The van der Waals surface area contributed by atoms with E-state index in [-0.39, 0.29) is 6.54 Å². The van der Waals surface area contributed by atoms with Gasteiger partial charge in [-0.2, -0.15) is 0 Å². The summed E-state index contributed by atoms with van der Waals surface area (Å²) in [6, 6.07) is 4.58. The van der Waals surface area contributed by atoms with Crippen molar-refractivity contribution in [1.82, 2.24) is 4.90 Å². The molecule has 0 unspecified atom stereocenters. The van der Waals surface area contributed by atoms with E-state index in [2.05, 4.69) is 4.74 Å². The maximum atomic E-state index is 12.2. The second-order valence-corrected chi connectivity index (χ2v) is 5.74. The van der Waals surface area contributed by atoms with Crippen molar-refractivity contribution in [1.29, 1.82) is 0 Å². The summed E-state index contributed by atoms with van der Waals surface area (Å²) < 4.78 is 9.83. The van der Waals surface area contributed by atoms with Crippen molar-refractivity contribution in [3.63, 3.8) is 0 Å². The molecule has 0 aliphatic carbocycles. The molecule has 112 valence electrons. The van der Waals surface area contributed by atoms with Gasteiger partial charge in [-0.3, -0.25) is 4.79 Å². The molecule has 0 spiro atoms. The smallest absolute Gasteiger partial charge is 0.417 e. The lowest BCUT2D eigenvalue weighted by atomic mass is 10.1. The number of esters is 1. The molecule has 6 heteroatoms. The molecule has 6 nitrogen and oxygen atoms in total. The third kappa shape index (κ3) is 3.04. The fourth-order valence-electron chi connectivity index (χ4n) is 2.03. The van der Waals surface area contributed by atoms with Crippen LogP contribution in [0.2, 0.25) is 0 Å². The lowest BCUT2D eigenvalue weighted by Gasteiger charge is -2.23. The number of hydrogen-bond acceptors (Lipinski definition) is 5. The first-order valence-electron chi connectivity index (χ1n) is 6.49. The van der Waals surface area contributed by atoms with Crippen LogP contribution in [0.25, 0.3) is 0 Å². The number of rotatable bonds is 1. The fourth-order valence-corrected chi connectivity index (χ4v) is 2.03. The van der Waals surface area contributed by atoms with Crippen LogP contribution in [-0.2, 0) is 16.0 Å². The number of carbonyl (C=O) groups excluding carboxylic acids is 3. The largest absolute Gasteiger partial charge is 0.465 e. The summed E-state index contributed by atoms with van der Waals surface area (Å²) in [5.41, 5.74) is 0.668. The zero-order chi connectivity index (χ0) is 15.8. The van der Waals surface area contributed by atoms with Crippen LogP contribution in [0.5, 0.6) is 0 Å². The Balaban J connectivity index is 2.24. The Morgan fingerprint density at radius 3 is 2.48 bits per heavy atom. The average molecular weight is 291 g/mol. The molecular weight excluding hydrogens is 274 g/mol. The van der Waals surface area contributed by atoms with Gasteiger partial charge in [0.25, 0.3) is 5.91 Å². The monoisotopic (exact) mass is 291 g/mol. The SMILES string of the molecule is COC(=O)c1ccc2c(c1)CN(C(=O)OC(C)(C)C)C2=O. The Bertz CT molecular complexity index is 615. The van der Waals surface area contributed by atoms with Crippen LogP contribution >= 0.6 is 0 Å². The number of ether oxygens (including phenoxy) is 2. The van der Waals surface area contributed by atoms with E-state index in [1.54, 1.807) is 26.8 Å². The van der Waals surface area contributed by atoms with Crippen molar-refractivity contribution in [3.05, 3.63) is 34.9 Å². The number of nitrogens with zero attached hydrogens (tertiary/aromatic N) is 1. The molecule has 2 rings (SSSR count). The molecule has 0 bridgehead atoms. The normalized spacial score (nSPS) is 13.9. The van der Waals surface area contributed by atoms with E-state index in [1.165, 1.54) is 19.2 Å². The van der Waals surface area contributed by atoms with E-state index in [4.69, 9.17) is 4.74 Å². The van der Waals surface area contributed by atoms with Crippen LogP contribution in [0.15, 0.2) is 18.2 Å². The molecular formula is C15H17NO5. The standard InChI is InChI=1S/C15H17NO5/c1-15(2,3)21-14(19)16-8-10-7-9(13(18)20-4)5-6-11(10)12(16)17/h5-7H,8H2,1-4H3. The minimum absolute atomic E-state index is 0.0912. The molecule has 0 N–H and O–H groups in total. The zero-order valence-corrected chi connectivity index (χ0v) is 12.4. The third-order valence-electron chi connectivity index (χ3n) is 2.94. The maximum absolute atomic E-state index is 12.2. The van der Waals surface area contributed by atoms with Gasteiger partial charge in [0.2, 0.25) is 0 Å². The van der Waals surface area contributed by atoms with Gasteiger partial charge in [0.05, 0.1) is 19.2 Å². The predicted molar refractivity (Wildman–Crippen MR) is 73.9 cm³/mol. The lowest BCUT2D eigenvalue weighted by molar-refractivity contribution is 0.0248. The van der Waals surface area contributed by atoms with Crippen LogP contribution in [0.1, 0.15) is 47.1 Å². The molecule has 0 fully saturated rings. The van der Waals surface area contributed by atoms with Gasteiger partial charge in [-0.1, -0.05) is 0 Å². The van der Waals surface area contributed by atoms with Crippen LogP contribution in [-0.4, -0.2) is 35.6 Å². The zero-order valence-electron chi connectivity index (χ0n) is 12.4. The topological polar surface area (TPSA) is 72.9 Å². The van der Waals surface area contributed by atoms with E-state index in [0.29, 0.717) is 16.7 Å². The second kappa shape index (κ2) is 5.20. The number of amides is 2. The Labute approximate surface area is 122 Å². The van der Waals surface area contributed by atoms with Gasteiger partial charge >= 0.3 is 12.1 Å². The van der Waals surface area contributed by atoms with Crippen molar-refractivity contribution in [3.8, 4) is 0 Å². The van der Waals surface area contributed by atoms with Crippen LogP contribution in [0.3, 0.4) is 0 Å². The van der Waals surface area contributed by atoms with Gasteiger partial charge in [-0.15, -0.1) is 0 Å². The molecule has 1 aromatic rings. The highest BCUT2D eigenvalue weighted by molar-refractivity contribution is 6.07. The molecule has 1 heterocycles. The molecule has 1 aliphatic heterocycles. The number of hydrogen-bond donors (Lipinski definition) is 0. The summed E-state index contributed by atoms with van der Waals surface area (Å²) in [6.45, 7) is 5.28. The van der Waals surface area contributed by atoms with E-state index in [1.807, 2.05) is 0 Å². The third-order valence-corrected chi connectivity index (χ3v) is 2.94. The molecule has 0 radical (unpaired) electrons. The first kappa shape index (κ1) is 15.0. The molecule has 0 aromatic heterocycles. The van der Waals surface area contributed by atoms with Gasteiger partial charge < -0.3 is 9.47 Å². The summed E-state index contributed by atoms with van der Waals surface area (Å²) >= 11 is 0. The average Bonchev–Trinajstić information content (AvgIpc) is 2.73. The van der Waals surface area contributed by atoms with Gasteiger partial charge in [-0.25, -0.2) is 14.5 Å². The van der Waals surface area contributed by atoms with Gasteiger partial charge in [-0.05, 0) is 44.5 Å². The van der Waals surface area contributed by atoms with Crippen molar-refractivity contribution in [2.75, 3.05) is 7.11 Å². The molecule has 0 atom stereocenters. The van der Waals surface area contributed by atoms with Crippen molar-refractivity contribution in [2.45, 2.75) is 32.9 Å². The number of imide groups is 1. The summed E-state index contributed by atoms with van der Waals surface area (Å²) in [5.74, 6) is -0.906. The van der Waals surface area contributed by atoms with Crippen LogP contribution in [0, 0.1) is 0 Å². The van der Waals surface area contributed by atoms with Gasteiger partial charge in [0, 0.05) is 5.56 Å². The van der Waals surface area contributed by atoms with Crippen molar-refractivity contribution < 1.29 is 23.9 Å². The van der Waals surface area contributed by atoms with Gasteiger partial charge in [0.15, 0.2) is 0 Å². The van der Waals surface area contributed by atoms with E-state index < -0.39 is 23.6 Å². The molecule has 1 aliphatic rings. The minimum Gasteiger partial charge on any atom is -0.465 e. The minimum atomic E-state index is -0.691. The molecule has 21 heavy (non-hydrogen) atoms. The van der Waals surface area contributed by atoms with E-state index >= 15 is 0 Å². The number of benzene rings is 1. The predicted octanol–water partition coefficient (Wildman–Crippen LogP) is 2.36. The number of carbonyl (C=O) groups is 3. The van der Waals surface area contributed by atoms with E-state index in [9.17, 15) is 14.4 Å². The number of methoxy groups -OCH3 is 1. The Morgan fingerprint density at radius 2 is 1.90 bits per heavy atom. The van der Waals surface area contributed by atoms with Crippen LogP contribution < -0.4 is 0 Å². The second-order valence-electron chi connectivity index (χ2n) is 5.74. The summed E-state index contributed by atoms with van der Waals surface area (Å²) in [5, 5.41) is 0. The molecule has 2 amide bonds.